The van der Waals surface area contributed by atoms with Gasteiger partial charge in [0.2, 0.25) is 5.91 Å². The summed E-state index contributed by atoms with van der Waals surface area (Å²) in [6.45, 7) is 3.38. The van der Waals surface area contributed by atoms with Gasteiger partial charge in [-0.3, -0.25) is 4.79 Å². The number of rotatable bonds is 2. The molecule has 0 saturated heterocycles. The maximum absolute atomic E-state index is 10.3. The Kier molecular flexibility index (Phi) is 3.14. The fourth-order valence-electron chi connectivity index (χ4n) is 0.163. The minimum atomic E-state index is -0.340. The number of nitrogens with one attached hydrogen (secondary N) is 1. The van der Waals surface area contributed by atoms with E-state index in [-0.39, 0.29) is 11.8 Å². The Morgan fingerprint density at radius 3 is 2.38 bits per heavy atom. The molecule has 0 heterocycles. The fraction of sp³-hybridized carbons (Fsp3) is 0.750. The molecule has 0 spiro atoms. The third kappa shape index (κ3) is 2.54. The molecule has 0 aliphatic heterocycles. The largest absolute Gasteiger partial charge is 0.272 e. The van der Waals surface area contributed by atoms with Crippen molar-refractivity contribution in [3.63, 3.8) is 0 Å². The van der Waals surface area contributed by atoms with E-state index in [1.54, 1.807) is 19.3 Å². The molecule has 48 valence electrons. The molecule has 4 nitrogen and oxygen atoms in total. The van der Waals surface area contributed by atoms with Gasteiger partial charge in [0, 0.05) is 5.92 Å². The van der Waals surface area contributed by atoms with Gasteiger partial charge in [0.1, 0.15) is 0 Å². The predicted octanol–water partition coefficient (Wildman–Crippen LogP) is 0.163. The first-order valence-corrected chi connectivity index (χ1v) is 2.28. The second-order valence-electron chi connectivity index (χ2n) is 1.71. The number of hydrogen-bond donors (Lipinski definition) is 2. The van der Waals surface area contributed by atoms with Crippen molar-refractivity contribution in [3.05, 3.63) is 0 Å². The number of hydroxylamine groups is 1. The molecular weight excluding hydrogens is 110 g/mol. The summed E-state index contributed by atoms with van der Waals surface area (Å²) in [7, 11) is 0. The van der Waals surface area contributed by atoms with E-state index < -0.39 is 0 Å². The molecule has 4 heteroatoms. The van der Waals surface area contributed by atoms with Crippen molar-refractivity contribution < 1.29 is 15.0 Å². The number of amides is 1. The smallest absolute Gasteiger partial charge is 0.248 e. The summed E-state index contributed by atoms with van der Waals surface area (Å²) in [6, 6.07) is 0. The van der Waals surface area contributed by atoms with Crippen LogP contribution >= 0.6 is 0 Å². The van der Waals surface area contributed by atoms with Gasteiger partial charge in [0.15, 0.2) is 0 Å². The van der Waals surface area contributed by atoms with Crippen LogP contribution in [0.1, 0.15) is 13.8 Å². The minimum Gasteiger partial charge on any atom is -0.272 e. The maximum atomic E-state index is 10.3. The van der Waals surface area contributed by atoms with Crippen LogP contribution in [0.15, 0.2) is 0 Å². The topological polar surface area (TPSA) is 58.6 Å². The second-order valence-corrected chi connectivity index (χ2v) is 1.71. The first-order valence-electron chi connectivity index (χ1n) is 2.28. The molecule has 2 N–H and O–H groups in total. The Balaban J connectivity index is 3.33. The molecule has 0 rings (SSSR count). The molecule has 0 aromatic carbocycles. The van der Waals surface area contributed by atoms with Crippen LogP contribution in [0.5, 0.6) is 0 Å². The van der Waals surface area contributed by atoms with E-state index in [0.29, 0.717) is 0 Å². The molecule has 0 aromatic rings. The van der Waals surface area contributed by atoms with E-state index in [4.69, 9.17) is 5.26 Å². The molecule has 1 amide bonds. The van der Waals surface area contributed by atoms with E-state index in [1.165, 1.54) is 0 Å². The highest BCUT2D eigenvalue weighted by Gasteiger charge is 2.04. The highest BCUT2D eigenvalue weighted by Crippen LogP contribution is 1.88. The van der Waals surface area contributed by atoms with Crippen molar-refractivity contribution >= 4 is 5.91 Å². The average Bonchev–Trinajstić information content (AvgIpc) is 1.67. The van der Waals surface area contributed by atoms with E-state index in [9.17, 15) is 4.79 Å². The van der Waals surface area contributed by atoms with E-state index in [1.807, 2.05) is 0 Å². The number of hydrogen-bond acceptors (Lipinski definition) is 3. The standard InChI is InChI=1S/C4H9NO3/c1-3(2)4(6)5-8-7/h3,7H,1-2H3,(H,5,6). The van der Waals surface area contributed by atoms with Crippen molar-refractivity contribution in [3.8, 4) is 0 Å². The minimum absolute atomic E-state index is 0.165. The lowest BCUT2D eigenvalue weighted by Gasteiger charge is -2.00. The van der Waals surface area contributed by atoms with Crippen LogP contribution in [-0.4, -0.2) is 11.2 Å². The van der Waals surface area contributed by atoms with Gasteiger partial charge >= 0.3 is 0 Å². The van der Waals surface area contributed by atoms with Gasteiger partial charge < -0.3 is 0 Å². The first-order chi connectivity index (χ1) is 3.68. The van der Waals surface area contributed by atoms with Gasteiger partial charge in [-0.05, 0) is 0 Å². The van der Waals surface area contributed by atoms with Crippen molar-refractivity contribution in [2.45, 2.75) is 13.8 Å². The van der Waals surface area contributed by atoms with Crippen LogP contribution in [0.3, 0.4) is 0 Å². The van der Waals surface area contributed by atoms with Crippen molar-refractivity contribution in [1.82, 2.24) is 5.48 Å². The molecule has 0 aliphatic rings. The van der Waals surface area contributed by atoms with Gasteiger partial charge in [-0.15, -0.1) is 4.99 Å². The average molecular weight is 119 g/mol. The highest BCUT2D eigenvalue weighted by atomic mass is 17.2. The molecule has 0 saturated carbocycles. The highest BCUT2D eigenvalue weighted by molar-refractivity contribution is 5.76. The van der Waals surface area contributed by atoms with Crippen LogP contribution in [0, 0.1) is 5.92 Å². The monoisotopic (exact) mass is 119 g/mol. The zero-order valence-electron chi connectivity index (χ0n) is 4.84. The Morgan fingerprint density at radius 2 is 2.25 bits per heavy atom. The second kappa shape index (κ2) is 3.40. The summed E-state index contributed by atoms with van der Waals surface area (Å²) in [5, 5.41) is 7.65. The quantitative estimate of drug-likeness (QED) is 0.402. The Labute approximate surface area is 47.3 Å². The summed E-state index contributed by atoms with van der Waals surface area (Å²) in [6.07, 6.45) is 0. The lowest BCUT2D eigenvalue weighted by Crippen LogP contribution is -2.26. The lowest BCUT2D eigenvalue weighted by atomic mass is 10.2. The molecule has 0 fully saturated rings. The molecule has 0 atom stereocenters. The van der Waals surface area contributed by atoms with Crippen LogP contribution in [0.25, 0.3) is 0 Å². The summed E-state index contributed by atoms with van der Waals surface area (Å²) in [5.41, 5.74) is 1.76. The van der Waals surface area contributed by atoms with Crippen LogP contribution in [0.2, 0.25) is 0 Å². The third-order valence-electron chi connectivity index (χ3n) is 0.671. The molecule has 0 radical (unpaired) electrons. The predicted molar refractivity (Wildman–Crippen MR) is 26.7 cm³/mol. The van der Waals surface area contributed by atoms with Gasteiger partial charge in [0.05, 0.1) is 0 Å². The summed E-state index contributed by atoms with van der Waals surface area (Å²) in [4.78, 5) is 13.7. The zero-order valence-corrected chi connectivity index (χ0v) is 4.84. The van der Waals surface area contributed by atoms with E-state index >= 15 is 0 Å². The summed E-state index contributed by atoms with van der Waals surface area (Å²) < 4.78 is 0. The summed E-state index contributed by atoms with van der Waals surface area (Å²) in [5.74, 6) is -0.505. The van der Waals surface area contributed by atoms with E-state index in [2.05, 4.69) is 4.99 Å². The Morgan fingerprint density at radius 1 is 1.75 bits per heavy atom. The molecule has 0 aliphatic carbocycles. The Hall–Kier alpha value is -0.610. The van der Waals surface area contributed by atoms with Crippen molar-refractivity contribution in [1.29, 1.82) is 0 Å². The molecular formula is C4H9NO3. The maximum Gasteiger partial charge on any atom is 0.248 e. The van der Waals surface area contributed by atoms with Gasteiger partial charge in [-0.1, -0.05) is 13.8 Å². The Bertz CT molecular complexity index is 81.4. The number of carbonyl (C=O) groups is 1. The summed E-state index contributed by atoms with van der Waals surface area (Å²) >= 11 is 0. The zero-order chi connectivity index (χ0) is 6.57. The third-order valence-corrected chi connectivity index (χ3v) is 0.671. The van der Waals surface area contributed by atoms with Gasteiger partial charge in [-0.25, -0.2) is 10.7 Å². The number of carbonyl (C=O) groups excluding carboxylic acids is 1. The van der Waals surface area contributed by atoms with Crippen LogP contribution < -0.4 is 5.48 Å². The van der Waals surface area contributed by atoms with Gasteiger partial charge in [0.25, 0.3) is 0 Å². The first kappa shape index (κ1) is 7.39. The van der Waals surface area contributed by atoms with E-state index in [0.717, 1.165) is 0 Å². The molecule has 0 aromatic heterocycles. The molecule has 0 bridgehead atoms. The lowest BCUT2D eigenvalue weighted by molar-refractivity contribution is -0.285. The molecule has 8 heavy (non-hydrogen) atoms. The SMILES string of the molecule is CC(C)C(=O)NOO. The van der Waals surface area contributed by atoms with Crippen molar-refractivity contribution in [2.75, 3.05) is 0 Å². The molecule has 0 unspecified atom stereocenters. The van der Waals surface area contributed by atoms with Crippen molar-refractivity contribution in [2.24, 2.45) is 5.92 Å². The normalized spacial score (nSPS) is 9.50. The van der Waals surface area contributed by atoms with Gasteiger partial charge in [-0.2, -0.15) is 0 Å². The van der Waals surface area contributed by atoms with Crippen LogP contribution in [-0.2, 0) is 9.78 Å². The van der Waals surface area contributed by atoms with Crippen LogP contribution in [0.4, 0.5) is 0 Å². The fourth-order valence-corrected chi connectivity index (χ4v) is 0.163.